The topological polar surface area (TPSA) is 93.5 Å². The maximum absolute atomic E-state index is 12.2. The molecule has 1 saturated heterocycles. The summed E-state index contributed by atoms with van der Waals surface area (Å²) in [4.78, 5) is 22.5. The number of halogens is 1. The summed E-state index contributed by atoms with van der Waals surface area (Å²) in [6.45, 7) is 1.75. The highest BCUT2D eigenvalue weighted by Gasteiger charge is 2.33. The number of ether oxygens (including phenoxy) is 1. The predicted octanol–water partition coefficient (Wildman–Crippen LogP) is 1.75. The summed E-state index contributed by atoms with van der Waals surface area (Å²) in [5, 5.41) is 17.1. The average Bonchev–Trinajstić information content (AvgIpc) is 2.93. The van der Waals surface area contributed by atoms with Gasteiger partial charge in [0.25, 0.3) is 11.6 Å². The molecule has 1 unspecified atom stereocenters. The Bertz CT molecular complexity index is 573. The Kier molecular flexibility index (Phi) is 5.33. The molecule has 1 aromatic rings. The average molecular weight is 328 g/mol. The molecule has 1 atom stereocenters. The van der Waals surface area contributed by atoms with E-state index in [4.69, 9.17) is 16.3 Å². The first-order valence-corrected chi connectivity index (χ1v) is 7.31. The van der Waals surface area contributed by atoms with Crippen LogP contribution in [-0.4, -0.2) is 43.2 Å². The summed E-state index contributed by atoms with van der Waals surface area (Å²) in [5.41, 5.74) is -0.317. The van der Waals surface area contributed by atoms with Crippen molar-refractivity contribution in [2.45, 2.75) is 18.4 Å². The minimum atomic E-state index is -0.576. The number of carbonyl (C=O) groups excluding carboxylic acids is 1. The molecule has 1 aliphatic rings. The fourth-order valence-electron chi connectivity index (χ4n) is 2.63. The monoisotopic (exact) mass is 327 g/mol. The van der Waals surface area contributed by atoms with E-state index < -0.39 is 10.8 Å². The summed E-state index contributed by atoms with van der Waals surface area (Å²) >= 11 is 5.83. The van der Waals surface area contributed by atoms with Crippen LogP contribution in [0, 0.1) is 10.1 Å². The van der Waals surface area contributed by atoms with Gasteiger partial charge >= 0.3 is 0 Å². The SMILES string of the molecule is COCC1(CNC(=O)c2cc(Cl)cc([N+](=O)[O-])c2)CCCN1. The molecule has 0 bridgehead atoms. The van der Waals surface area contributed by atoms with Crippen LogP contribution in [0.15, 0.2) is 18.2 Å². The molecule has 22 heavy (non-hydrogen) atoms. The Balaban J connectivity index is 2.07. The number of hydrogen-bond acceptors (Lipinski definition) is 5. The number of nitrogens with one attached hydrogen (secondary N) is 2. The van der Waals surface area contributed by atoms with E-state index in [1.54, 1.807) is 7.11 Å². The zero-order chi connectivity index (χ0) is 16.2. The number of nitro groups is 1. The van der Waals surface area contributed by atoms with E-state index in [-0.39, 0.29) is 21.8 Å². The fourth-order valence-corrected chi connectivity index (χ4v) is 2.86. The molecule has 1 heterocycles. The number of hydrogen-bond donors (Lipinski definition) is 2. The summed E-state index contributed by atoms with van der Waals surface area (Å²) < 4.78 is 5.21. The van der Waals surface area contributed by atoms with E-state index in [1.807, 2.05) is 0 Å². The summed E-state index contributed by atoms with van der Waals surface area (Å²) in [6.07, 6.45) is 1.92. The highest BCUT2D eigenvalue weighted by Crippen LogP contribution is 2.22. The largest absolute Gasteiger partial charge is 0.383 e. The molecule has 8 heteroatoms. The van der Waals surface area contributed by atoms with Gasteiger partial charge in [-0.15, -0.1) is 0 Å². The van der Waals surface area contributed by atoms with Crippen molar-refractivity contribution < 1.29 is 14.5 Å². The van der Waals surface area contributed by atoms with Gasteiger partial charge < -0.3 is 15.4 Å². The van der Waals surface area contributed by atoms with Gasteiger partial charge in [0.2, 0.25) is 0 Å². The van der Waals surface area contributed by atoms with Crippen molar-refractivity contribution in [3.63, 3.8) is 0 Å². The molecule has 7 nitrogen and oxygen atoms in total. The molecule has 0 aromatic heterocycles. The van der Waals surface area contributed by atoms with E-state index in [9.17, 15) is 14.9 Å². The predicted molar refractivity (Wildman–Crippen MR) is 82.3 cm³/mol. The van der Waals surface area contributed by atoms with Crippen LogP contribution in [-0.2, 0) is 4.74 Å². The van der Waals surface area contributed by atoms with Crippen molar-refractivity contribution >= 4 is 23.2 Å². The molecule has 1 aliphatic heterocycles. The van der Waals surface area contributed by atoms with Crippen molar-refractivity contribution in [3.8, 4) is 0 Å². The molecule has 0 spiro atoms. The Morgan fingerprint density at radius 2 is 2.32 bits per heavy atom. The highest BCUT2D eigenvalue weighted by molar-refractivity contribution is 6.31. The van der Waals surface area contributed by atoms with Crippen molar-refractivity contribution in [2.75, 3.05) is 26.8 Å². The number of rotatable bonds is 6. The molecule has 1 amide bonds. The number of amides is 1. The molecule has 0 radical (unpaired) electrons. The first-order valence-electron chi connectivity index (χ1n) is 6.93. The third-order valence-corrected chi connectivity index (χ3v) is 3.91. The molecule has 0 aliphatic carbocycles. The smallest absolute Gasteiger partial charge is 0.271 e. The number of nitro benzene ring substituents is 1. The first-order chi connectivity index (χ1) is 10.5. The lowest BCUT2D eigenvalue weighted by Crippen LogP contribution is -2.53. The zero-order valence-corrected chi connectivity index (χ0v) is 13.0. The number of methoxy groups -OCH3 is 1. The van der Waals surface area contributed by atoms with Crippen molar-refractivity contribution in [2.24, 2.45) is 0 Å². The van der Waals surface area contributed by atoms with Crippen LogP contribution >= 0.6 is 11.6 Å². The van der Waals surface area contributed by atoms with Gasteiger partial charge in [0, 0.05) is 36.4 Å². The van der Waals surface area contributed by atoms with Crippen LogP contribution in [0.2, 0.25) is 5.02 Å². The molecule has 2 N–H and O–H groups in total. The fraction of sp³-hybridized carbons (Fsp3) is 0.500. The number of benzene rings is 1. The summed E-state index contributed by atoms with van der Waals surface area (Å²) in [7, 11) is 1.61. The van der Waals surface area contributed by atoms with E-state index in [0.717, 1.165) is 19.4 Å². The normalized spacial score (nSPS) is 20.8. The van der Waals surface area contributed by atoms with Crippen molar-refractivity contribution in [1.29, 1.82) is 0 Å². The number of nitrogens with zero attached hydrogens (tertiary/aromatic N) is 1. The first kappa shape index (κ1) is 16.7. The molecular weight excluding hydrogens is 310 g/mol. The Labute approximate surface area is 133 Å². The van der Waals surface area contributed by atoms with E-state index in [0.29, 0.717) is 13.2 Å². The van der Waals surface area contributed by atoms with Gasteiger partial charge in [-0.2, -0.15) is 0 Å². The third kappa shape index (κ3) is 3.94. The lowest BCUT2D eigenvalue weighted by atomic mass is 9.98. The molecule has 1 fully saturated rings. The zero-order valence-electron chi connectivity index (χ0n) is 12.2. The molecule has 0 saturated carbocycles. The molecule has 1 aromatic carbocycles. The lowest BCUT2D eigenvalue weighted by molar-refractivity contribution is -0.384. The molecular formula is C14H18ClN3O4. The standard InChI is InChI=1S/C14H18ClN3O4/c1-22-9-14(3-2-4-17-14)8-16-13(19)10-5-11(15)7-12(6-10)18(20)21/h5-7,17H,2-4,8-9H2,1H3,(H,16,19). The van der Waals surface area contributed by atoms with Crippen LogP contribution in [0.4, 0.5) is 5.69 Å². The second kappa shape index (κ2) is 7.04. The van der Waals surface area contributed by atoms with Crippen molar-refractivity contribution in [1.82, 2.24) is 10.6 Å². The third-order valence-electron chi connectivity index (χ3n) is 3.70. The summed E-state index contributed by atoms with van der Waals surface area (Å²) in [6, 6.07) is 3.84. The van der Waals surface area contributed by atoms with Gasteiger partial charge in [-0.1, -0.05) is 11.6 Å². The minimum absolute atomic E-state index is 0.157. The second-order valence-corrected chi connectivity index (χ2v) is 5.82. The van der Waals surface area contributed by atoms with Crippen LogP contribution in [0.5, 0.6) is 0 Å². The number of non-ortho nitro benzene ring substituents is 1. The van der Waals surface area contributed by atoms with Crippen LogP contribution in [0.3, 0.4) is 0 Å². The van der Waals surface area contributed by atoms with Crippen molar-refractivity contribution in [3.05, 3.63) is 38.9 Å². The van der Waals surface area contributed by atoms with E-state index >= 15 is 0 Å². The highest BCUT2D eigenvalue weighted by atomic mass is 35.5. The molecule has 120 valence electrons. The second-order valence-electron chi connectivity index (χ2n) is 5.38. The van der Waals surface area contributed by atoms with Crippen LogP contribution in [0.25, 0.3) is 0 Å². The lowest BCUT2D eigenvalue weighted by Gasteiger charge is -2.28. The molecule has 2 rings (SSSR count). The van der Waals surface area contributed by atoms with Gasteiger partial charge in [-0.05, 0) is 25.5 Å². The van der Waals surface area contributed by atoms with Gasteiger partial charge in [-0.3, -0.25) is 14.9 Å². The Hall–Kier alpha value is -1.70. The van der Waals surface area contributed by atoms with Gasteiger partial charge in [-0.25, -0.2) is 0 Å². The minimum Gasteiger partial charge on any atom is -0.383 e. The van der Waals surface area contributed by atoms with E-state index in [2.05, 4.69) is 10.6 Å². The van der Waals surface area contributed by atoms with Gasteiger partial charge in [0.05, 0.1) is 17.1 Å². The van der Waals surface area contributed by atoms with E-state index in [1.165, 1.54) is 18.2 Å². The Morgan fingerprint density at radius 1 is 1.55 bits per heavy atom. The van der Waals surface area contributed by atoms with Crippen LogP contribution < -0.4 is 10.6 Å². The quantitative estimate of drug-likeness (QED) is 0.613. The Morgan fingerprint density at radius 3 is 2.91 bits per heavy atom. The summed E-state index contributed by atoms with van der Waals surface area (Å²) in [5.74, 6) is -0.394. The maximum atomic E-state index is 12.2. The number of carbonyl (C=O) groups is 1. The van der Waals surface area contributed by atoms with Gasteiger partial charge in [0.1, 0.15) is 0 Å². The maximum Gasteiger partial charge on any atom is 0.271 e. The van der Waals surface area contributed by atoms with Gasteiger partial charge in [0.15, 0.2) is 0 Å². The van der Waals surface area contributed by atoms with Crippen LogP contribution in [0.1, 0.15) is 23.2 Å².